The summed E-state index contributed by atoms with van der Waals surface area (Å²) in [5, 5.41) is 17.8. The van der Waals surface area contributed by atoms with Gasteiger partial charge >= 0.3 is 27.8 Å². The molecule has 1 rings (SSSR count). The van der Waals surface area contributed by atoms with E-state index in [2.05, 4.69) is 4.18 Å². The molecule has 0 saturated heterocycles. The first-order chi connectivity index (χ1) is 8.46. The molecule has 0 radical (unpaired) electrons. The van der Waals surface area contributed by atoms with Crippen molar-refractivity contribution >= 4 is 33.3 Å². The smallest absolute Gasteiger partial charge is 0.423 e. The van der Waals surface area contributed by atoms with Crippen molar-refractivity contribution in [3.63, 3.8) is 0 Å². The highest BCUT2D eigenvalue weighted by atomic mass is 32.3. The third-order valence-corrected chi connectivity index (χ3v) is 2.89. The standard InChI is InChI=1S/C7H7BF2O7S2/c9-18(13,14)4-5-1-6(8(11)12)3-7(2-5)17-19(10,15)16/h1-3,11-12H,4H2. The van der Waals surface area contributed by atoms with Crippen LogP contribution in [0, 0.1) is 0 Å². The minimum atomic E-state index is -5.39. The summed E-state index contributed by atoms with van der Waals surface area (Å²) in [4.78, 5) is 0. The molecule has 0 aliphatic heterocycles. The fourth-order valence-corrected chi connectivity index (χ4v) is 2.17. The maximum atomic E-state index is 12.5. The fraction of sp³-hybridized carbons (Fsp3) is 0.143. The van der Waals surface area contributed by atoms with Gasteiger partial charge in [0.1, 0.15) is 11.5 Å². The lowest BCUT2D eigenvalue weighted by atomic mass is 9.79. The Bertz CT molecular complexity index is 618. The zero-order chi connectivity index (χ0) is 14.8. The van der Waals surface area contributed by atoms with Gasteiger partial charge in [-0.2, -0.15) is 16.8 Å². The summed E-state index contributed by atoms with van der Waals surface area (Å²) in [6.45, 7) is 0. The van der Waals surface area contributed by atoms with Crippen LogP contribution in [0.1, 0.15) is 5.56 Å². The second kappa shape index (κ2) is 5.40. The summed E-state index contributed by atoms with van der Waals surface area (Å²) < 4.78 is 70.1. The molecule has 106 valence electrons. The number of benzene rings is 1. The van der Waals surface area contributed by atoms with E-state index in [1.54, 1.807) is 0 Å². The third-order valence-electron chi connectivity index (χ3n) is 1.82. The first-order valence-corrected chi connectivity index (χ1v) is 7.39. The van der Waals surface area contributed by atoms with E-state index in [0.717, 1.165) is 18.2 Å². The zero-order valence-electron chi connectivity index (χ0n) is 9.02. The number of hydrogen-bond acceptors (Lipinski definition) is 7. The van der Waals surface area contributed by atoms with Crippen LogP contribution in [0.5, 0.6) is 5.75 Å². The summed E-state index contributed by atoms with van der Waals surface area (Å²) in [6.07, 6.45) is 0. The molecule has 0 heterocycles. The highest BCUT2D eigenvalue weighted by molar-refractivity contribution is 7.85. The third kappa shape index (κ3) is 5.96. The normalized spacial score (nSPS) is 12.2. The van der Waals surface area contributed by atoms with Gasteiger partial charge in [0.25, 0.3) is 0 Å². The molecule has 1 aromatic rings. The maximum Gasteiger partial charge on any atom is 0.488 e. The van der Waals surface area contributed by atoms with E-state index < -0.39 is 39.3 Å². The second-order valence-electron chi connectivity index (χ2n) is 3.44. The molecule has 0 amide bonds. The van der Waals surface area contributed by atoms with Crippen molar-refractivity contribution in [1.29, 1.82) is 0 Å². The maximum absolute atomic E-state index is 12.5. The molecule has 7 nitrogen and oxygen atoms in total. The number of rotatable bonds is 5. The Hall–Kier alpha value is -1.24. The minimum absolute atomic E-state index is 0.341. The highest BCUT2D eigenvalue weighted by Gasteiger charge is 2.19. The first kappa shape index (κ1) is 15.8. The van der Waals surface area contributed by atoms with Gasteiger partial charge in [-0.1, -0.05) is 9.95 Å². The molecule has 0 atom stereocenters. The van der Waals surface area contributed by atoms with Crippen LogP contribution < -0.4 is 9.65 Å². The summed E-state index contributed by atoms with van der Waals surface area (Å²) in [5.41, 5.74) is -0.730. The molecule has 0 unspecified atom stereocenters. The second-order valence-corrected chi connectivity index (χ2v) is 5.76. The van der Waals surface area contributed by atoms with Gasteiger partial charge < -0.3 is 14.2 Å². The molecule has 0 aliphatic rings. The molecule has 0 bridgehead atoms. The van der Waals surface area contributed by atoms with Crippen molar-refractivity contribution in [2.24, 2.45) is 0 Å². The molecule has 19 heavy (non-hydrogen) atoms. The van der Waals surface area contributed by atoms with E-state index in [4.69, 9.17) is 10.0 Å². The predicted octanol–water partition coefficient (Wildman–Crippen LogP) is -1.24. The predicted molar refractivity (Wildman–Crippen MR) is 60.7 cm³/mol. The van der Waals surface area contributed by atoms with E-state index in [-0.39, 0.29) is 11.0 Å². The lowest BCUT2D eigenvalue weighted by Gasteiger charge is -2.07. The van der Waals surface area contributed by atoms with E-state index in [9.17, 15) is 24.6 Å². The van der Waals surface area contributed by atoms with Gasteiger partial charge in [-0.05, 0) is 23.2 Å². The Morgan fingerprint density at radius 3 is 2.11 bits per heavy atom. The van der Waals surface area contributed by atoms with Gasteiger partial charge in [-0.25, -0.2) is 0 Å². The largest absolute Gasteiger partial charge is 0.488 e. The zero-order valence-corrected chi connectivity index (χ0v) is 10.7. The van der Waals surface area contributed by atoms with Crippen molar-refractivity contribution < 1.29 is 38.8 Å². The molecule has 0 aromatic heterocycles. The summed E-state index contributed by atoms with van der Waals surface area (Å²) in [7, 11) is -12.4. The number of halogens is 2. The molecule has 0 saturated carbocycles. The summed E-state index contributed by atoms with van der Waals surface area (Å²) in [6, 6.07) is 2.37. The Labute approximate surface area is 108 Å². The summed E-state index contributed by atoms with van der Waals surface area (Å²) in [5.74, 6) is -1.87. The van der Waals surface area contributed by atoms with Crippen LogP contribution in [-0.4, -0.2) is 34.0 Å². The van der Waals surface area contributed by atoms with Crippen molar-refractivity contribution in [3.05, 3.63) is 23.8 Å². The van der Waals surface area contributed by atoms with E-state index in [1.165, 1.54) is 0 Å². The van der Waals surface area contributed by atoms with E-state index in [1.807, 2.05) is 0 Å². The van der Waals surface area contributed by atoms with Gasteiger partial charge in [0.2, 0.25) is 0 Å². The van der Waals surface area contributed by atoms with Crippen LogP contribution in [0.3, 0.4) is 0 Å². The fourth-order valence-electron chi connectivity index (χ4n) is 1.28. The molecular weight excluding hydrogens is 309 g/mol. The molecular formula is C7H7BF2O7S2. The van der Waals surface area contributed by atoms with Crippen LogP contribution in [0.2, 0.25) is 0 Å². The topological polar surface area (TPSA) is 118 Å². The minimum Gasteiger partial charge on any atom is -0.423 e. The summed E-state index contributed by atoms with van der Waals surface area (Å²) >= 11 is 0. The van der Waals surface area contributed by atoms with Crippen molar-refractivity contribution in [1.82, 2.24) is 0 Å². The molecule has 2 N–H and O–H groups in total. The van der Waals surface area contributed by atoms with Crippen LogP contribution in [-0.2, 0) is 26.5 Å². The highest BCUT2D eigenvalue weighted by Crippen LogP contribution is 2.17. The van der Waals surface area contributed by atoms with Gasteiger partial charge in [-0.15, -0.1) is 3.89 Å². The van der Waals surface area contributed by atoms with Crippen LogP contribution in [0.15, 0.2) is 18.2 Å². The van der Waals surface area contributed by atoms with Crippen molar-refractivity contribution in [2.75, 3.05) is 0 Å². The first-order valence-electron chi connectivity index (χ1n) is 4.53. The molecule has 1 aromatic carbocycles. The monoisotopic (exact) mass is 316 g/mol. The van der Waals surface area contributed by atoms with Crippen molar-refractivity contribution in [3.8, 4) is 5.75 Å². The molecule has 0 fully saturated rings. The Morgan fingerprint density at radius 1 is 1.11 bits per heavy atom. The Morgan fingerprint density at radius 2 is 1.68 bits per heavy atom. The Balaban J connectivity index is 3.25. The van der Waals surface area contributed by atoms with Crippen LogP contribution >= 0.6 is 0 Å². The lowest BCUT2D eigenvalue weighted by Crippen LogP contribution is -2.30. The lowest BCUT2D eigenvalue weighted by molar-refractivity contribution is 0.423. The average molecular weight is 316 g/mol. The van der Waals surface area contributed by atoms with Gasteiger partial charge in [0.15, 0.2) is 0 Å². The number of hydrogen-bond donors (Lipinski definition) is 2. The molecule has 0 aliphatic carbocycles. The van der Waals surface area contributed by atoms with Crippen LogP contribution in [0.25, 0.3) is 0 Å². The average Bonchev–Trinajstić information content (AvgIpc) is 2.10. The Kier molecular flexibility index (Phi) is 4.50. The van der Waals surface area contributed by atoms with Gasteiger partial charge in [0, 0.05) is 0 Å². The van der Waals surface area contributed by atoms with Gasteiger partial charge in [0.05, 0.1) is 0 Å². The van der Waals surface area contributed by atoms with Crippen LogP contribution in [0.4, 0.5) is 7.77 Å². The SMILES string of the molecule is O=S(=O)(F)Cc1cc(OS(=O)(=O)F)cc(B(O)O)c1. The van der Waals surface area contributed by atoms with Gasteiger partial charge in [-0.3, -0.25) is 0 Å². The van der Waals surface area contributed by atoms with E-state index in [0.29, 0.717) is 0 Å². The molecule has 12 heteroatoms. The quantitative estimate of drug-likeness (QED) is 0.515. The van der Waals surface area contributed by atoms with E-state index >= 15 is 0 Å². The van der Waals surface area contributed by atoms with Crippen molar-refractivity contribution in [2.45, 2.75) is 5.75 Å². The molecule has 0 spiro atoms.